The van der Waals surface area contributed by atoms with Gasteiger partial charge in [0.25, 0.3) is 0 Å². The molecule has 0 aliphatic heterocycles. The van der Waals surface area contributed by atoms with Gasteiger partial charge < -0.3 is 4.74 Å². The molecule has 1 aromatic rings. The molecule has 0 radical (unpaired) electrons. The van der Waals surface area contributed by atoms with Crippen LogP contribution in [0.4, 0.5) is 0 Å². The van der Waals surface area contributed by atoms with Crippen LogP contribution in [0.25, 0.3) is 0 Å². The van der Waals surface area contributed by atoms with E-state index in [-0.39, 0.29) is 22.9 Å². The molecule has 0 spiro atoms. The zero-order chi connectivity index (χ0) is 15.4. The van der Waals surface area contributed by atoms with E-state index in [1.54, 1.807) is 0 Å². The molecule has 114 valence electrons. The summed E-state index contributed by atoms with van der Waals surface area (Å²) < 4.78 is 7.66. The maximum atomic E-state index is 12.5. The summed E-state index contributed by atoms with van der Waals surface area (Å²) in [6, 6.07) is 5.54. The first-order chi connectivity index (χ1) is 9.74. The smallest absolute Gasteiger partial charge is 0.338 e. The zero-order valence-corrected chi connectivity index (χ0v) is 15.8. The first kappa shape index (κ1) is 15.5. The van der Waals surface area contributed by atoms with Crippen LogP contribution in [0, 0.1) is 16.7 Å². The van der Waals surface area contributed by atoms with Crippen molar-refractivity contribution in [3.63, 3.8) is 0 Å². The van der Waals surface area contributed by atoms with Crippen LogP contribution in [0.1, 0.15) is 50.4 Å². The Morgan fingerprint density at radius 2 is 1.81 bits per heavy atom. The summed E-state index contributed by atoms with van der Waals surface area (Å²) in [4.78, 5) is 12.5. The maximum Gasteiger partial charge on any atom is 0.338 e. The number of carbonyl (C=O) groups is 1. The van der Waals surface area contributed by atoms with Gasteiger partial charge in [0.15, 0.2) is 0 Å². The molecule has 3 atom stereocenters. The molecule has 2 saturated carbocycles. The molecule has 2 aliphatic rings. The summed E-state index contributed by atoms with van der Waals surface area (Å²) in [6.45, 7) is 6.94. The SMILES string of the molecule is CC1(C)[C@@H]2CC[C@]1(C)[C@@H](OC(=O)c1cc(Br)cc(Br)c1)C2. The van der Waals surface area contributed by atoms with E-state index in [9.17, 15) is 4.79 Å². The third-order valence-corrected chi connectivity index (χ3v) is 6.98. The lowest BCUT2D eigenvalue weighted by Gasteiger charge is -2.38. The summed E-state index contributed by atoms with van der Waals surface area (Å²) in [6.07, 6.45) is 3.46. The predicted octanol–water partition coefficient (Wildman–Crippen LogP) is 5.58. The topological polar surface area (TPSA) is 26.3 Å². The fraction of sp³-hybridized carbons (Fsp3) is 0.588. The van der Waals surface area contributed by atoms with Gasteiger partial charge in [-0.3, -0.25) is 0 Å². The molecule has 0 heterocycles. The minimum atomic E-state index is -0.216. The Bertz CT molecular complexity index is 576. The van der Waals surface area contributed by atoms with Gasteiger partial charge in [-0.05, 0) is 48.8 Å². The third kappa shape index (κ3) is 2.39. The van der Waals surface area contributed by atoms with E-state index in [4.69, 9.17) is 4.74 Å². The Kier molecular flexibility index (Phi) is 3.77. The van der Waals surface area contributed by atoms with E-state index in [0.717, 1.165) is 21.8 Å². The maximum absolute atomic E-state index is 12.5. The molecule has 2 bridgehead atoms. The van der Waals surface area contributed by atoms with Crippen molar-refractivity contribution in [2.45, 2.75) is 46.1 Å². The average Bonchev–Trinajstić information content (AvgIpc) is 2.70. The monoisotopic (exact) mass is 414 g/mol. The van der Waals surface area contributed by atoms with Crippen molar-refractivity contribution >= 4 is 37.8 Å². The van der Waals surface area contributed by atoms with Crippen LogP contribution in [0.15, 0.2) is 27.1 Å². The second-order valence-corrected chi connectivity index (χ2v) is 8.99. The van der Waals surface area contributed by atoms with Gasteiger partial charge in [-0.2, -0.15) is 0 Å². The Hall–Kier alpha value is -0.350. The lowest BCUT2D eigenvalue weighted by atomic mass is 9.70. The number of benzene rings is 1. The van der Waals surface area contributed by atoms with E-state index in [1.165, 1.54) is 6.42 Å². The number of halogens is 2. The molecule has 21 heavy (non-hydrogen) atoms. The van der Waals surface area contributed by atoms with E-state index in [0.29, 0.717) is 11.5 Å². The second-order valence-electron chi connectivity index (χ2n) is 7.16. The molecule has 0 unspecified atom stereocenters. The predicted molar refractivity (Wildman–Crippen MR) is 90.3 cm³/mol. The van der Waals surface area contributed by atoms with Crippen LogP contribution in [-0.2, 0) is 4.74 Å². The van der Waals surface area contributed by atoms with Crippen molar-refractivity contribution in [3.8, 4) is 0 Å². The normalized spacial score (nSPS) is 33.2. The van der Waals surface area contributed by atoms with Gasteiger partial charge in [0.05, 0.1) is 5.56 Å². The third-order valence-electron chi connectivity index (χ3n) is 6.06. The summed E-state index contributed by atoms with van der Waals surface area (Å²) >= 11 is 6.83. The lowest BCUT2D eigenvalue weighted by Crippen LogP contribution is -2.38. The highest BCUT2D eigenvalue weighted by atomic mass is 79.9. The Morgan fingerprint density at radius 1 is 1.19 bits per heavy atom. The largest absolute Gasteiger partial charge is 0.458 e. The van der Waals surface area contributed by atoms with Crippen LogP contribution < -0.4 is 0 Å². The van der Waals surface area contributed by atoms with Crippen molar-refractivity contribution in [2.24, 2.45) is 16.7 Å². The summed E-state index contributed by atoms with van der Waals surface area (Å²) in [5.74, 6) is 0.459. The number of esters is 1. The highest BCUT2D eigenvalue weighted by Crippen LogP contribution is 2.66. The van der Waals surface area contributed by atoms with Crippen molar-refractivity contribution in [2.75, 3.05) is 0 Å². The molecule has 4 heteroatoms. The van der Waals surface area contributed by atoms with E-state index in [1.807, 2.05) is 18.2 Å². The molecule has 0 amide bonds. The van der Waals surface area contributed by atoms with Crippen molar-refractivity contribution < 1.29 is 9.53 Å². The van der Waals surface area contributed by atoms with E-state index in [2.05, 4.69) is 52.6 Å². The van der Waals surface area contributed by atoms with Gasteiger partial charge >= 0.3 is 5.97 Å². The average molecular weight is 416 g/mol. The van der Waals surface area contributed by atoms with Crippen LogP contribution in [0.5, 0.6) is 0 Å². The number of hydrogen-bond acceptors (Lipinski definition) is 2. The number of fused-ring (bicyclic) bond motifs is 2. The standard InChI is InChI=1S/C17H20Br2O2/c1-16(2)11-4-5-17(16,3)14(8-11)21-15(20)10-6-12(18)9-13(19)7-10/h6-7,9,11,14H,4-5,8H2,1-3H3/t11-,14+,17-/m1/s1. The van der Waals surface area contributed by atoms with E-state index < -0.39 is 0 Å². The molecule has 0 saturated heterocycles. The first-order valence-electron chi connectivity index (χ1n) is 7.41. The zero-order valence-electron chi connectivity index (χ0n) is 12.6. The molecule has 2 aliphatic carbocycles. The molecule has 2 fully saturated rings. The Morgan fingerprint density at radius 3 is 2.29 bits per heavy atom. The van der Waals surface area contributed by atoms with Crippen molar-refractivity contribution in [1.82, 2.24) is 0 Å². The van der Waals surface area contributed by atoms with Crippen molar-refractivity contribution in [3.05, 3.63) is 32.7 Å². The van der Waals surface area contributed by atoms with Gasteiger partial charge in [0.2, 0.25) is 0 Å². The Labute approximate surface area is 142 Å². The van der Waals surface area contributed by atoms with Gasteiger partial charge in [-0.1, -0.05) is 52.6 Å². The minimum absolute atomic E-state index is 0.0384. The molecule has 2 nitrogen and oxygen atoms in total. The van der Waals surface area contributed by atoms with Crippen molar-refractivity contribution in [1.29, 1.82) is 0 Å². The summed E-state index contributed by atoms with van der Waals surface area (Å²) in [5.41, 5.74) is 0.965. The number of hydrogen-bond donors (Lipinski definition) is 0. The highest BCUT2D eigenvalue weighted by Gasteiger charge is 2.62. The van der Waals surface area contributed by atoms with Gasteiger partial charge in [-0.15, -0.1) is 0 Å². The number of ether oxygens (including phenoxy) is 1. The summed E-state index contributed by atoms with van der Waals surface area (Å²) in [7, 11) is 0. The molecular weight excluding hydrogens is 396 g/mol. The van der Waals surface area contributed by atoms with E-state index >= 15 is 0 Å². The number of rotatable bonds is 2. The quantitative estimate of drug-likeness (QED) is 0.589. The molecule has 0 aromatic heterocycles. The number of carbonyl (C=O) groups excluding carboxylic acids is 1. The Balaban J connectivity index is 1.80. The van der Waals surface area contributed by atoms with Crippen LogP contribution in [-0.4, -0.2) is 12.1 Å². The minimum Gasteiger partial charge on any atom is -0.458 e. The fourth-order valence-electron chi connectivity index (χ4n) is 4.18. The molecule has 3 rings (SSSR count). The highest BCUT2D eigenvalue weighted by molar-refractivity contribution is 9.11. The first-order valence-corrected chi connectivity index (χ1v) is 9.00. The van der Waals surface area contributed by atoms with Gasteiger partial charge in [0.1, 0.15) is 6.10 Å². The van der Waals surface area contributed by atoms with Gasteiger partial charge in [-0.25, -0.2) is 4.79 Å². The molecule has 0 N–H and O–H groups in total. The van der Waals surface area contributed by atoms with Crippen LogP contribution in [0.3, 0.4) is 0 Å². The molecule has 1 aromatic carbocycles. The summed E-state index contributed by atoms with van der Waals surface area (Å²) in [5, 5.41) is 0. The fourth-order valence-corrected chi connectivity index (χ4v) is 5.47. The van der Waals surface area contributed by atoms with Crippen LogP contribution >= 0.6 is 31.9 Å². The molecular formula is C17H20Br2O2. The van der Waals surface area contributed by atoms with Crippen LogP contribution in [0.2, 0.25) is 0 Å². The van der Waals surface area contributed by atoms with Gasteiger partial charge in [0, 0.05) is 14.4 Å². The second kappa shape index (κ2) is 5.09. The lowest BCUT2D eigenvalue weighted by molar-refractivity contribution is -0.0242.